The van der Waals surface area contributed by atoms with Crippen LogP contribution < -0.4 is 10.1 Å². The molecule has 3 aromatic rings. The number of halogens is 1. The molecule has 0 amide bonds. The molecule has 0 bridgehead atoms. The molecule has 0 radical (unpaired) electrons. The van der Waals surface area contributed by atoms with Gasteiger partial charge < -0.3 is 10.1 Å². The van der Waals surface area contributed by atoms with Gasteiger partial charge in [-0.25, -0.2) is 9.07 Å². The fourth-order valence-electron chi connectivity index (χ4n) is 2.90. The third kappa shape index (κ3) is 3.72. The van der Waals surface area contributed by atoms with E-state index in [-0.39, 0.29) is 11.6 Å². The molecule has 25 heavy (non-hydrogen) atoms. The Balaban J connectivity index is 1.70. The van der Waals surface area contributed by atoms with Gasteiger partial charge in [0, 0.05) is 24.3 Å². The van der Waals surface area contributed by atoms with Crippen molar-refractivity contribution in [2.24, 2.45) is 0 Å². The summed E-state index contributed by atoms with van der Waals surface area (Å²) in [5.41, 5.74) is 5.19. The highest BCUT2D eigenvalue weighted by atomic mass is 19.1. The summed E-state index contributed by atoms with van der Waals surface area (Å²) in [6, 6.07) is 15.1. The zero-order chi connectivity index (χ0) is 17.8. The van der Waals surface area contributed by atoms with Crippen molar-refractivity contribution in [2.75, 3.05) is 7.11 Å². The average Bonchev–Trinajstić information content (AvgIpc) is 2.91. The molecule has 0 aliphatic carbocycles. The molecule has 3 rings (SSSR count). The topological polar surface area (TPSA) is 39.1 Å². The third-order valence-corrected chi connectivity index (χ3v) is 4.29. The minimum absolute atomic E-state index is 0.263. The first-order chi connectivity index (χ1) is 12.1. The summed E-state index contributed by atoms with van der Waals surface area (Å²) in [5, 5.41) is 8.01. The Morgan fingerprint density at radius 2 is 1.84 bits per heavy atom. The maximum atomic E-state index is 13.8. The van der Waals surface area contributed by atoms with Crippen LogP contribution in [0.3, 0.4) is 0 Å². The van der Waals surface area contributed by atoms with E-state index >= 15 is 0 Å². The minimum atomic E-state index is -0.342. The molecule has 0 spiro atoms. The normalized spacial score (nSPS) is 10.9. The number of aromatic nitrogens is 2. The first-order valence-corrected chi connectivity index (χ1v) is 8.24. The van der Waals surface area contributed by atoms with Crippen molar-refractivity contribution in [3.63, 3.8) is 0 Å². The van der Waals surface area contributed by atoms with Crippen molar-refractivity contribution < 1.29 is 9.13 Å². The molecule has 0 atom stereocenters. The number of benzene rings is 2. The zero-order valence-electron chi connectivity index (χ0n) is 14.7. The molecule has 130 valence electrons. The Bertz CT molecular complexity index is 859. The van der Waals surface area contributed by atoms with Crippen LogP contribution in [0.4, 0.5) is 4.39 Å². The minimum Gasteiger partial charge on any atom is -0.494 e. The Kier molecular flexibility index (Phi) is 5.14. The van der Waals surface area contributed by atoms with Crippen LogP contribution in [0.2, 0.25) is 0 Å². The van der Waals surface area contributed by atoms with Crippen LogP contribution in [0, 0.1) is 19.7 Å². The molecular weight excluding hydrogens is 317 g/mol. The molecule has 4 nitrogen and oxygen atoms in total. The Hall–Kier alpha value is -2.66. The summed E-state index contributed by atoms with van der Waals surface area (Å²) in [7, 11) is 1.46. The number of methoxy groups -OCH3 is 1. The van der Waals surface area contributed by atoms with E-state index in [2.05, 4.69) is 17.3 Å². The first-order valence-electron chi connectivity index (χ1n) is 8.24. The van der Waals surface area contributed by atoms with Crippen molar-refractivity contribution in [1.82, 2.24) is 15.1 Å². The molecule has 0 aliphatic heterocycles. The van der Waals surface area contributed by atoms with E-state index in [1.54, 1.807) is 6.07 Å². The number of hydrogen-bond donors (Lipinski definition) is 1. The van der Waals surface area contributed by atoms with Gasteiger partial charge in [-0.05, 0) is 43.7 Å². The van der Waals surface area contributed by atoms with E-state index in [1.165, 1.54) is 13.2 Å². The van der Waals surface area contributed by atoms with Gasteiger partial charge in [0.25, 0.3) is 0 Å². The average molecular weight is 339 g/mol. The number of aryl methyl sites for hydroxylation is 1. The second-order valence-electron chi connectivity index (χ2n) is 5.97. The van der Waals surface area contributed by atoms with Gasteiger partial charge in [-0.15, -0.1) is 0 Å². The second kappa shape index (κ2) is 7.49. The van der Waals surface area contributed by atoms with E-state index in [1.807, 2.05) is 48.0 Å². The van der Waals surface area contributed by atoms with Crippen LogP contribution in [-0.2, 0) is 13.1 Å². The Morgan fingerprint density at radius 1 is 1.08 bits per heavy atom. The second-order valence-corrected chi connectivity index (χ2v) is 5.97. The lowest BCUT2D eigenvalue weighted by Crippen LogP contribution is -2.14. The van der Waals surface area contributed by atoms with Gasteiger partial charge in [0.05, 0.1) is 18.5 Å². The van der Waals surface area contributed by atoms with Gasteiger partial charge in [0.1, 0.15) is 0 Å². The lowest BCUT2D eigenvalue weighted by atomic mass is 10.1. The smallest absolute Gasteiger partial charge is 0.165 e. The lowest BCUT2D eigenvalue weighted by Gasteiger charge is -2.08. The molecule has 2 aromatic carbocycles. The van der Waals surface area contributed by atoms with Gasteiger partial charge in [0.2, 0.25) is 0 Å². The molecule has 1 N–H and O–H groups in total. The zero-order valence-corrected chi connectivity index (χ0v) is 14.7. The van der Waals surface area contributed by atoms with Gasteiger partial charge >= 0.3 is 0 Å². The first kappa shape index (κ1) is 17.2. The highest BCUT2D eigenvalue weighted by Crippen LogP contribution is 2.19. The highest BCUT2D eigenvalue weighted by molar-refractivity contribution is 5.37. The molecule has 1 aromatic heterocycles. The summed E-state index contributed by atoms with van der Waals surface area (Å²) < 4.78 is 20.7. The van der Waals surface area contributed by atoms with Crippen molar-refractivity contribution in [3.05, 3.63) is 76.9 Å². The van der Waals surface area contributed by atoms with Crippen molar-refractivity contribution in [3.8, 4) is 11.4 Å². The van der Waals surface area contributed by atoms with Gasteiger partial charge in [-0.3, -0.25) is 0 Å². The van der Waals surface area contributed by atoms with Crippen LogP contribution in [0.25, 0.3) is 5.69 Å². The maximum Gasteiger partial charge on any atom is 0.165 e. The number of ether oxygens (including phenoxy) is 1. The van der Waals surface area contributed by atoms with E-state index in [0.717, 1.165) is 28.2 Å². The Labute approximate surface area is 147 Å². The molecule has 0 saturated carbocycles. The predicted molar refractivity (Wildman–Crippen MR) is 96.5 cm³/mol. The van der Waals surface area contributed by atoms with Gasteiger partial charge in [-0.2, -0.15) is 5.10 Å². The fraction of sp³-hybridized carbons (Fsp3) is 0.250. The number of rotatable bonds is 6. The van der Waals surface area contributed by atoms with Crippen molar-refractivity contribution in [2.45, 2.75) is 26.9 Å². The molecule has 0 saturated heterocycles. The quantitative estimate of drug-likeness (QED) is 0.740. The van der Waals surface area contributed by atoms with Crippen LogP contribution in [0.5, 0.6) is 5.75 Å². The van der Waals surface area contributed by atoms with Gasteiger partial charge in [0.15, 0.2) is 11.6 Å². The number of hydrogen-bond acceptors (Lipinski definition) is 3. The lowest BCUT2D eigenvalue weighted by molar-refractivity contribution is 0.386. The van der Waals surface area contributed by atoms with Crippen LogP contribution in [-0.4, -0.2) is 16.9 Å². The van der Waals surface area contributed by atoms with E-state index in [0.29, 0.717) is 13.1 Å². The third-order valence-electron chi connectivity index (χ3n) is 4.29. The maximum absolute atomic E-state index is 13.8. The van der Waals surface area contributed by atoms with Crippen LogP contribution in [0.15, 0.2) is 48.5 Å². The Morgan fingerprint density at radius 3 is 2.52 bits per heavy atom. The van der Waals surface area contributed by atoms with E-state index < -0.39 is 0 Å². The molecule has 0 fully saturated rings. The summed E-state index contributed by atoms with van der Waals surface area (Å²) in [6.45, 7) is 5.34. The van der Waals surface area contributed by atoms with Gasteiger partial charge in [-0.1, -0.05) is 24.3 Å². The number of nitrogens with one attached hydrogen (secondary N) is 1. The SMILES string of the molecule is COc1ccc(CNCc2c(C)nn(-c3ccccc3)c2C)cc1F. The highest BCUT2D eigenvalue weighted by Gasteiger charge is 2.12. The molecule has 0 unspecified atom stereocenters. The fourth-order valence-corrected chi connectivity index (χ4v) is 2.90. The monoisotopic (exact) mass is 339 g/mol. The number of para-hydroxylation sites is 1. The molecule has 0 aliphatic rings. The van der Waals surface area contributed by atoms with Crippen LogP contribution >= 0.6 is 0 Å². The summed E-state index contributed by atoms with van der Waals surface area (Å²) in [4.78, 5) is 0. The van der Waals surface area contributed by atoms with Crippen molar-refractivity contribution >= 4 is 0 Å². The standard InChI is InChI=1S/C20H22FN3O/c1-14-18(15(2)24(23-14)17-7-5-4-6-8-17)13-22-12-16-9-10-20(25-3)19(21)11-16/h4-11,22H,12-13H2,1-3H3. The number of nitrogens with zero attached hydrogens (tertiary/aromatic N) is 2. The molecule has 1 heterocycles. The summed E-state index contributed by atoms with van der Waals surface area (Å²) in [5.74, 6) is -0.0781. The molecular formula is C20H22FN3O. The largest absolute Gasteiger partial charge is 0.494 e. The summed E-state index contributed by atoms with van der Waals surface area (Å²) in [6.07, 6.45) is 0. The summed E-state index contributed by atoms with van der Waals surface area (Å²) >= 11 is 0. The molecule has 5 heteroatoms. The van der Waals surface area contributed by atoms with E-state index in [9.17, 15) is 4.39 Å². The van der Waals surface area contributed by atoms with E-state index in [4.69, 9.17) is 4.74 Å². The van der Waals surface area contributed by atoms with Crippen LogP contribution in [0.1, 0.15) is 22.5 Å². The predicted octanol–water partition coefficient (Wildman–Crippen LogP) is 3.93. The van der Waals surface area contributed by atoms with Crippen molar-refractivity contribution in [1.29, 1.82) is 0 Å².